The van der Waals surface area contributed by atoms with Crippen LogP contribution in [0.4, 0.5) is 0 Å². The third kappa shape index (κ3) is 1.74. The lowest BCUT2D eigenvalue weighted by Gasteiger charge is -2.30. The number of phenolic OH excluding ortho intramolecular Hbond substituents is 1. The summed E-state index contributed by atoms with van der Waals surface area (Å²) < 4.78 is 0. The molecule has 1 aromatic rings. The first kappa shape index (κ1) is 9.49. The lowest BCUT2D eigenvalue weighted by molar-refractivity contribution is 0.386. The number of hydrogen-bond acceptors (Lipinski definition) is 3. The van der Waals surface area contributed by atoms with Crippen LogP contribution < -0.4 is 11.1 Å². The molecule has 2 atom stereocenters. The molecule has 3 heteroatoms. The Balaban J connectivity index is 2.25. The van der Waals surface area contributed by atoms with Gasteiger partial charge in [0.1, 0.15) is 5.75 Å². The Morgan fingerprint density at radius 2 is 2.14 bits per heavy atom. The molecule has 0 saturated carbocycles. The lowest BCUT2D eigenvalue weighted by Crippen LogP contribution is -2.43. The number of benzene rings is 1. The number of piperidine rings is 1. The predicted molar refractivity (Wildman–Crippen MR) is 56.3 cm³/mol. The number of rotatable bonds is 1. The minimum absolute atomic E-state index is 0.157. The first-order valence-electron chi connectivity index (χ1n) is 5.03. The maximum atomic E-state index is 9.70. The largest absolute Gasteiger partial charge is 0.508 e. The van der Waals surface area contributed by atoms with E-state index in [1.165, 1.54) is 0 Å². The summed E-state index contributed by atoms with van der Waals surface area (Å²) in [5, 5.41) is 13.0. The first-order valence-corrected chi connectivity index (χ1v) is 5.03. The van der Waals surface area contributed by atoms with Gasteiger partial charge in [0, 0.05) is 18.5 Å². The van der Waals surface area contributed by atoms with Crippen LogP contribution in [0, 0.1) is 0 Å². The van der Waals surface area contributed by atoms with E-state index < -0.39 is 0 Å². The van der Waals surface area contributed by atoms with Crippen molar-refractivity contribution in [1.82, 2.24) is 5.32 Å². The van der Waals surface area contributed by atoms with Crippen molar-refractivity contribution in [3.8, 4) is 5.75 Å². The van der Waals surface area contributed by atoms with E-state index in [2.05, 4.69) is 5.32 Å². The van der Waals surface area contributed by atoms with Crippen molar-refractivity contribution in [2.75, 3.05) is 13.1 Å². The van der Waals surface area contributed by atoms with Crippen LogP contribution in [0.3, 0.4) is 0 Å². The number of nitrogens with one attached hydrogen (secondary N) is 1. The van der Waals surface area contributed by atoms with Crippen LogP contribution in [0.1, 0.15) is 17.9 Å². The fraction of sp³-hybridized carbons (Fsp3) is 0.455. The Bertz CT molecular complexity index is 314. The molecule has 2 rings (SSSR count). The first-order chi connectivity index (χ1) is 6.79. The number of phenols is 1. The van der Waals surface area contributed by atoms with Crippen molar-refractivity contribution in [1.29, 1.82) is 0 Å². The van der Waals surface area contributed by atoms with Crippen LogP contribution in [-0.2, 0) is 0 Å². The molecule has 1 heterocycles. The number of para-hydroxylation sites is 1. The molecule has 0 amide bonds. The molecule has 1 fully saturated rings. The second kappa shape index (κ2) is 3.98. The second-order valence-electron chi connectivity index (χ2n) is 3.82. The minimum Gasteiger partial charge on any atom is -0.508 e. The Hall–Kier alpha value is -1.06. The van der Waals surface area contributed by atoms with Gasteiger partial charge in [-0.3, -0.25) is 0 Å². The molecule has 0 bridgehead atoms. The molecule has 2 unspecified atom stereocenters. The van der Waals surface area contributed by atoms with Gasteiger partial charge < -0.3 is 16.2 Å². The number of aromatic hydroxyl groups is 1. The van der Waals surface area contributed by atoms with Gasteiger partial charge >= 0.3 is 0 Å². The molecule has 0 aliphatic carbocycles. The van der Waals surface area contributed by atoms with Crippen molar-refractivity contribution in [2.45, 2.75) is 18.4 Å². The second-order valence-corrected chi connectivity index (χ2v) is 3.82. The van der Waals surface area contributed by atoms with Crippen LogP contribution in [0.25, 0.3) is 0 Å². The predicted octanol–water partition coefficient (Wildman–Crippen LogP) is 0.796. The molecule has 14 heavy (non-hydrogen) atoms. The zero-order valence-electron chi connectivity index (χ0n) is 8.11. The molecule has 1 aliphatic heterocycles. The average Bonchev–Trinajstić information content (AvgIpc) is 2.20. The quantitative estimate of drug-likeness (QED) is 0.616. The SMILES string of the molecule is NC1CCNCC1c1ccccc1O. The third-order valence-electron chi connectivity index (χ3n) is 2.87. The smallest absolute Gasteiger partial charge is 0.119 e. The van der Waals surface area contributed by atoms with E-state index in [9.17, 15) is 5.11 Å². The van der Waals surface area contributed by atoms with E-state index >= 15 is 0 Å². The van der Waals surface area contributed by atoms with Gasteiger partial charge in [0.05, 0.1) is 0 Å². The zero-order valence-corrected chi connectivity index (χ0v) is 8.11. The van der Waals surface area contributed by atoms with Crippen molar-refractivity contribution >= 4 is 0 Å². The van der Waals surface area contributed by atoms with Gasteiger partial charge in [-0.05, 0) is 24.6 Å². The maximum absolute atomic E-state index is 9.70. The number of hydrogen-bond donors (Lipinski definition) is 3. The Labute approximate surface area is 83.9 Å². The molecule has 1 saturated heterocycles. The topological polar surface area (TPSA) is 58.3 Å². The third-order valence-corrected chi connectivity index (χ3v) is 2.87. The fourth-order valence-corrected chi connectivity index (χ4v) is 2.02. The van der Waals surface area contributed by atoms with E-state index in [1.54, 1.807) is 6.07 Å². The molecule has 0 radical (unpaired) electrons. The van der Waals surface area contributed by atoms with Gasteiger partial charge in [-0.1, -0.05) is 18.2 Å². The molecule has 0 aromatic heterocycles. The van der Waals surface area contributed by atoms with Crippen LogP contribution in [0.5, 0.6) is 5.75 Å². The summed E-state index contributed by atoms with van der Waals surface area (Å²) in [6.45, 7) is 1.84. The van der Waals surface area contributed by atoms with Gasteiger partial charge in [0.25, 0.3) is 0 Å². The molecule has 1 aliphatic rings. The van der Waals surface area contributed by atoms with E-state index in [1.807, 2.05) is 18.2 Å². The summed E-state index contributed by atoms with van der Waals surface area (Å²) in [7, 11) is 0. The summed E-state index contributed by atoms with van der Waals surface area (Å²) in [4.78, 5) is 0. The Kier molecular flexibility index (Phi) is 2.70. The highest BCUT2D eigenvalue weighted by molar-refractivity contribution is 5.36. The van der Waals surface area contributed by atoms with Crippen molar-refractivity contribution in [3.63, 3.8) is 0 Å². The number of nitrogens with two attached hydrogens (primary N) is 1. The molecular weight excluding hydrogens is 176 g/mol. The maximum Gasteiger partial charge on any atom is 0.119 e. The average molecular weight is 192 g/mol. The summed E-state index contributed by atoms with van der Waals surface area (Å²) in [6.07, 6.45) is 0.971. The van der Waals surface area contributed by atoms with Crippen LogP contribution in [-0.4, -0.2) is 24.2 Å². The normalized spacial score (nSPS) is 27.5. The van der Waals surface area contributed by atoms with Crippen molar-refractivity contribution in [2.24, 2.45) is 5.73 Å². The van der Waals surface area contributed by atoms with Gasteiger partial charge in [-0.15, -0.1) is 0 Å². The summed E-state index contributed by atoms with van der Waals surface area (Å²) >= 11 is 0. The molecule has 76 valence electrons. The van der Waals surface area contributed by atoms with E-state index in [4.69, 9.17) is 5.73 Å². The fourth-order valence-electron chi connectivity index (χ4n) is 2.02. The summed E-state index contributed by atoms with van der Waals surface area (Å²) in [6, 6.07) is 7.60. The minimum atomic E-state index is 0.157. The van der Waals surface area contributed by atoms with E-state index in [-0.39, 0.29) is 12.0 Å². The van der Waals surface area contributed by atoms with Crippen LogP contribution in [0.2, 0.25) is 0 Å². The highest BCUT2D eigenvalue weighted by atomic mass is 16.3. The molecule has 1 aromatic carbocycles. The van der Waals surface area contributed by atoms with Gasteiger partial charge in [0.2, 0.25) is 0 Å². The summed E-state index contributed by atoms with van der Waals surface area (Å²) in [5.41, 5.74) is 6.99. The monoisotopic (exact) mass is 192 g/mol. The molecule has 0 spiro atoms. The highest BCUT2D eigenvalue weighted by Crippen LogP contribution is 2.29. The Morgan fingerprint density at radius 1 is 1.36 bits per heavy atom. The summed E-state index contributed by atoms with van der Waals surface area (Å²) in [5.74, 6) is 0.599. The van der Waals surface area contributed by atoms with Gasteiger partial charge in [0.15, 0.2) is 0 Å². The Morgan fingerprint density at radius 3 is 2.86 bits per heavy atom. The zero-order chi connectivity index (χ0) is 9.97. The van der Waals surface area contributed by atoms with Crippen LogP contribution in [0.15, 0.2) is 24.3 Å². The van der Waals surface area contributed by atoms with Gasteiger partial charge in [-0.2, -0.15) is 0 Å². The van der Waals surface area contributed by atoms with Crippen molar-refractivity contribution in [3.05, 3.63) is 29.8 Å². The van der Waals surface area contributed by atoms with Crippen LogP contribution >= 0.6 is 0 Å². The van der Waals surface area contributed by atoms with Gasteiger partial charge in [-0.25, -0.2) is 0 Å². The lowest BCUT2D eigenvalue weighted by atomic mass is 9.87. The standard InChI is InChI=1S/C11H16N2O/c12-10-5-6-13-7-9(10)8-3-1-2-4-11(8)14/h1-4,9-10,13-14H,5-7,12H2. The molecule has 4 N–H and O–H groups in total. The van der Waals surface area contributed by atoms with Crippen molar-refractivity contribution < 1.29 is 5.11 Å². The van der Waals surface area contributed by atoms with E-state index in [0.29, 0.717) is 5.75 Å². The van der Waals surface area contributed by atoms with E-state index in [0.717, 1.165) is 25.1 Å². The highest BCUT2D eigenvalue weighted by Gasteiger charge is 2.24. The molecular formula is C11H16N2O. The molecule has 3 nitrogen and oxygen atoms in total.